The molecule has 1 N–H and O–H groups in total. The van der Waals surface area contributed by atoms with E-state index in [1.165, 1.54) is 16.9 Å². The first-order valence-corrected chi connectivity index (χ1v) is 5.41. The molecule has 4 nitrogen and oxygen atoms in total. The van der Waals surface area contributed by atoms with E-state index in [0.29, 0.717) is 0 Å². The van der Waals surface area contributed by atoms with Gasteiger partial charge in [0.15, 0.2) is 0 Å². The largest absolute Gasteiger partial charge is 0.356 e. The molecule has 5 heteroatoms. The fourth-order valence-corrected chi connectivity index (χ4v) is 1.66. The summed E-state index contributed by atoms with van der Waals surface area (Å²) in [6, 6.07) is 2.11. The Hall–Kier alpha value is -1.36. The number of anilines is 1. The van der Waals surface area contributed by atoms with Gasteiger partial charge < -0.3 is 9.88 Å². The van der Waals surface area contributed by atoms with E-state index in [1.54, 1.807) is 5.51 Å². The predicted octanol–water partition coefficient (Wildman–Crippen LogP) is 1.97. The molecule has 0 aliphatic heterocycles. The normalized spacial score (nSPS) is 10.4. The zero-order valence-corrected chi connectivity index (χ0v) is 8.79. The van der Waals surface area contributed by atoms with Crippen molar-refractivity contribution in [1.82, 2.24) is 14.8 Å². The highest BCUT2D eigenvalue weighted by Crippen LogP contribution is 2.10. The zero-order valence-electron chi connectivity index (χ0n) is 7.97. The Morgan fingerprint density at radius 1 is 1.57 bits per heavy atom. The molecule has 74 valence electrons. The monoisotopic (exact) mass is 208 g/mol. The summed E-state index contributed by atoms with van der Waals surface area (Å²) in [6.45, 7) is 3.95. The molecule has 2 rings (SSSR count). The van der Waals surface area contributed by atoms with E-state index in [4.69, 9.17) is 0 Å². The predicted molar refractivity (Wildman–Crippen MR) is 57.3 cm³/mol. The van der Waals surface area contributed by atoms with Crippen molar-refractivity contribution in [3.05, 3.63) is 29.5 Å². The lowest BCUT2D eigenvalue weighted by molar-refractivity contribution is 0.766. The van der Waals surface area contributed by atoms with Crippen molar-refractivity contribution in [2.45, 2.75) is 20.0 Å². The third-order valence-electron chi connectivity index (χ3n) is 1.98. The highest BCUT2D eigenvalue weighted by Gasteiger charge is 1.97. The number of hydrogen-bond donors (Lipinski definition) is 1. The van der Waals surface area contributed by atoms with Gasteiger partial charge in [0, 0.05) is 25.5 Å². The number of rotatable bonds is 4. The molecule has 0 saturated carbocycles. The highest BCUT2D eigenvalue weighted by molar-refractivity contribution is 7.13. The fourth-order valence-electron chi connectivity index (χ4n) is 1.22. The maximum absolute atomic E-state index is 3.91. The molecule has 0 aliphatic carbocycles. The molecule has 0 fully saturated rings. The van der Waals surface area contributed by atoms with Crippen LogP contribution in [0.25, 0.3) is 0 Å². The Morgan fingerprint density at radius 3 is 3.14 bits per heavy atom. The van der Waals surface area contributed by atoms with Gasteiger partial charge in [0.2, 0.25) is 5.13 Å². The van der Waals surface area contributed by atoms with Crippen molar-refractivity contribution in [1.29, 1.82) is 0 Å². The van der Waals surface area contributed by atoms with Gasteiger partial charge in [-0.15, -0.1) is 10.2 Å². The van der Waals surface area contributed by atoms with Gasteiger partial charge in [-0.1, -0.05) is 11.3 Å². The third-order valence-corrected chi connectivity index (χ3v) is 2.63. The third kappa shape index (κ3) is 2.11. The molecule has 2 heterocycles. The summed E-state index contributed by atoms with van der Waals surface area (Å²) in [7, 11) is 0. The van der Waals surface area contributed by atoms with E-state index < -0.39 is 0 Å². The van der Waals surface area contributed by atoms with E-state index in [9.17, 15) is 0 Å². The maximum Gasteiger partial charge on any atom is 0.205 e. The van der Waals surface area contributed by atoms with E-state index in [2.05, 4.69) is 45.5 Å². The topological polar surface area (TPSA) is 42.7 Å². The highest BCUT2D eigenvalue weighted by atomic mass is 32.1. The molecule has 2 aromatic rings. The van der Waals surface area contributed by atoms with E-state index in [1.807, 2.05) is 0 Å². The average molecular weight is 208 g/mol. The van der Waals surface area contributed by atoms with E-state index >= 15 is 0 Å². The minimum absolute atomic E-state index is 0.808. The first-order chi connectivity index (χ1) is 6.88. The van der Waals surface area contributed by atoms with Gasteiger partial charge >= 0.3 is 0 Å². The average Bonchev–Trinajstić information content (AvgIpc) is 2.86. The standard InChI is InChI=1S/C9H12N4S/c1-2-13-4-3-8(6-13)5-10-9-12-11-7-14-9/h3-4,6-7H,2,5H2,1H3,(H,10,12). The molecule has 0 saturated heterocycles. The lowest BCUT2D eigenvalue weighted by atomic mass is 10.3. The first-order valence-electron chi connectivity index (χ1n) is 4.53. The smallest absolute Gasteiger partial charge is 0.205 e. The molecule has 0 amide bonds. The second kappa shape index (κ2) is 4.23. The number of aryl methyl sites for hydroxylation is 1. The summed E-state index contributed by atoms with van der Waals surface area (Å²) in [5.74, 6) is 0. The summed E-state index contributed by atoms with van der Waals surface area (Å²) < 4.78 is 2.15. The molecule has 2 aromatic heterocycles. The van der Waals surface area contributed by atoms with Crippen molar-refractivity contribution in [2.75, 3.05) is 5.32 Å². The molecule has 0 radical (unpaired) electrons. The van der Waals surface area contributed by atoms with Gasteiger partial charge in [0.1, 0.15) is 5.51 Å². The number of aromatic nitrogens is 3. The van der Waals surface area contributed by atoms with Gasteiger partial charge in [0.25, 0.3) is 0 Å². The van der Waals surface area contributed by atoms with Gasteiger partial charge in [0.05, 0.1) is 0 Å². The van der Waals surface area contributed by atoms with Crippen molar-refractivity contribution >= 4 is 16.5 Å². The molecular weight excluding hydrogens is 196 g/mol. The molecule has 0 bridgehead atoms. The maximum atomic E-state index is 3.91. The van der Waals surface area contributed by atoms with Crippen LogP contribution < -0.4 is 5.32 Å². The Balaban J connectivity index is 1.92. The van der Waals surface area contributed by atoms with Crippen LogP contribution in [0.1, 0.15) is 12.5 Å². The Bertz CT molecular complexity index is 379. The molecule has 0 aliphatic rings. The van der Waals surface area contributed by atoms with Crippen LogP contribution in [-0.2, 0) is 13.1 Å². The lowest BCUT2D eigenvalue weighted by Gasteiger charge is -1.98. The van der Waals surface area contributed by atoms with Crippen LogP contribution in [-0.4, -0.2) is 14.8 Å². The van der Waals surface area contributed by atoms with Crippen LogP contribution in [0.2, 0.25) is 0 Å². The van der Waals surface area contributed by atoms with E-state index in [0.717, 1.165) is 18.2 Å². The molecular formula is C9H12N4S. The number of nitrogens with one attached hydrogen (secondary N) is 1. The molecule has 0 aromatic carbocycles. The second-order valence-corrected chi connectivity index (χ2v) is 3.78. The van der Waals surface area contributed by atoms with Crippen molar-refractivity contribution < 1.29 is 0 Å². The summed E-state index contributed by atoms with van der Waals surface area (Å²) >= 11 is 1.51. The van der Waals surface area contributed by atoms with Crippen LogP contribution >= 0.6 is 11.3 Å². The van der Waals surface area contributed by atoms with E-state index in [-0.39, 0.29) is 0 Å². The zero-order chi connectivity index (χ0) is 9.80. The summed E-state index contributed by atoms with van der Waals surface area (Å²) in [5, 5.41) is 11.7. The second-order valence-electron chi connectivity index (χ2n) is 2.95. The van der Waals surface area contributed by atoms with Gasteiger partial charge in [-0.2, -0.15) is 0 Å². The molecule has 0 spiro atoms. The van der Waals surface area contributed by atoms with Crippen molar-refractivity contribution in [2.24, 2.45) is 0 Å². The SMILES string of the molecule is CCn1ccc(CNc2nncs2)c1. The van der Waals surface area contributed by atoms with Crippen molar-refractivity contribution in [3.63, 3.8) is 0 Å². The van der Waals surface area contributed by atoms with Crippen LogP contribution in [0, 0.1) is 0 Å². The number of nitrogens with zero attached hydrogens (tertiary/aromatic N) is 3. The quantitative estimate of drug-likeness (QED) is 0.835. The lowest BCUT2D eigenvalue weighted by Crippen LogP contribution is -1.98. The minimum Gasteiger partial charge on any atom is -0.356 e. The summed E-state index contributed by atoms with van der Waals surface area (Å²) in [6.07, 6.45) is 4.21. The van der Waals surface area contributed by atoms with Gasteiger partial charge in [-0.3, -0.25) is 0 Å². The summed E-state index contributed by atoms with van der Waals surface area (Å²) in [5.41, 5.74) is 2.99. The van der Waals surface area contributed by atoms with Crippen LogP contribution in [0.15, 0.2) is 24.0 Å². The van der Waals surface area contributed by atoms with Crippen LogP contribution in [0.4, 0.5) is 5.13 Å². The van der Waals surface area contributed by atoms with Crippen molar-refractivity contribution in [3.8, 4) is 0 Å². The van der Waals surface area contributed by atoms with Crippen LogP contribution in [0.5, 0.6) is 0 Å². The number of hydrogen-bond acceptors (Lipinski definition) is 4. The summed E-state index contributed by atoms with van der Waals surface area (Å²) in [4.78, 5) is 0. The Labute approximate surface area is 86.6 Å². The fraction of sp³-hybridized carbons (Fsp3) is 0.333. The van der Waals surface area contributed by atoms with Crippen LogP contribution in [0.3, 0.4) is 0 Å². The minimum atomic E-state index is 0.808. The molecule has 14 heavy (non-hydrogen) atoms. The van der Waals surface area contributed by atoms with Gasteiger partial charge in [-0.25, -0.2) is 0 Å². The first kappa shape index (κ1) is 9.21. The Morgan fingerprint density at radius 2 is 2.50 bits per heavy atom. The Kier molecular flexibility index (Phi) is 2.78. The van der Waals surface area contributed by atoms with Gasteiger partial charge in [-0.05, 0) is 18.6 Å². The molecule has 0 atom stereocenters. The molecule has 0 unspecified atom stereocenters.